The predicted molar refractivity (Wildman–Crippen MR) is 83.6 cm³/mol. The Balaban J connectivity index is 2.43. The fraction of sp³-hybridized carbons (Fsp3) is 0.167. The van der Waals surface area contributed by atoms with Crippen LogP contribution in [0.25, 0.3) is 0 Å². The van der Waals surface area contributed by atoms with Gasteiger partial charge in [-0.05, 0) is 46.3 Å². The highest BCUT2D eigenvalue weighted by Crippen LogP contribution is 2.35. The Kier molecular flexibility index (Phi) is 4.73. The van der Waals surface area contributed by atoms with Gasteiger partial charge in [0, 0.05) is 11.9 Å². The molecule has 0 bridgehead atoms. The molecule has 2 aromatic rings. The minimum absolute atomic E-state index is 0.157. The lowest BCUT2D eigenvalue weighted by Crippen LogP contribution is -2.26. The maximum absolute atomic E-state index is 12.9. The van der Waals surface area contributed by atoms with Crippen LogP contribution in [0.5, 0.6) is 0 Å². The van der Waals surface area contributed by atoms with E-state index < -0.39 is 15.8 Å². The highest BCUT2D eigenvalue weighted by atomic mass is 79.9. The summed E-state index contributed by atoms with van der Waals surface area (Å²) in [6, 6.07) is 6.80. The molecule has 0 aliphatic carbocycles. The maximum Gasteiger partial charge on any atom is 0.266 e. The first-order chi connectivity index (χ1) is 9.36. The van der Waals surface area contributed by atoms with E-state index in [1.807, 2.05) is 0 Å². The van der Waals surface area contributed by atoms with Crippen molar-refractivity contribution in [2.75, 3.05) is 11.4 Å². The number of anilines is 1. The Hall–Kier alpha value is -0.630. The van der Waals surface area contributed by atoms with Gasteiger partial charge in [-0.2, -0.15) is 0 Å². The molecular formula is C12H10BrClFNO2S2. The number of rotatable bonds is 4. The first kappa shape index (κ1) is 15.8. The SMILES string of the molecule is CN(c1ccc(F)cc1)S(=O)(=O)c1cc(CCl)sc1Br. The fourth-order valence-electron chi connectivity index (χ4n) is 1.58. The molecule has 0 aliphatic heterocycles. The van der Waals surface area contributed by atoms with E-state index in [4.69, 9.17) is 11.6 Å². The Bertz CT molecular complexity index is 716. The molecule has 0 saturated heterocycles. The zero-order chi connectivity index (χ0) is 14.9. The number of hydrogen-bond acceptors (Lipinski definition) is 3. The van der Waals surface area contributed by atoms with Crippen molar-refractivity contribution < 1.29 is 12.8 Å². The van der Waals surface area contributed by atoms with Gasteiger partial charge in [-0.1, -0.05) is 0 Å². The molecule has 1 heterocycles. The van der Waals surface area contributed by atoms with E-state index in [2.05, 4.69) is 15.9 Å². The first-order valence-corrected chi connectivity index (χ1v) is 9.03. The molecule has 0 amide bonds. The molecule has 3 nitrogen and oxygen atoms in total. The van der Waals surface area contributed by atoms with Crippen molar-refractivity contribution in [2.45, 2.75) is 10.8 Å². The van der Waals surface area contributed by atoms with Crippen LogP contribution in [0.2, 0.25) is 0 Å². The largest absolute Gasteiger partial charge is 0.269 e. The zero-order valence-corrected chi connectivity index (χ0v) is 14.3. The van der Waals surface area contributed by atoms with Crippen LogP contribution >= 0.6 is 38.9 Å². The van der Waals surface area contributed by atoms with Crippen LogP contribution in [0, 0.1) is 5.82 Å². The third-order valence-corrected chi connectivity index (χ3v) is 7.15. The molecule has 0 aliphatic rings. The third-order valence-electron chi connectivity index (χ3n) is 2.67. The molecule has 0 saturated carbocycles. The summed E-state index contributed by atoms with van der Waals surface area (Å²) in [4.78, 5) is 0.912. The van der Waals surface area contributed by atoms with Crippen molar-refractivity contribution in [3.8, 4) is 0 Å². The first-order valence-electron chi connectivity index (χ1n) is 5.45. The summed E-state index contributed by atoms with van der Waals surface area (Å²) in [5.41, 5.74) is 0.386. The lowest BCUT2D eigenvalue weighted by Gasteiger charge is -2.19. The van der Waals surface area contributed by atoms with Crippen LogP contribution in [0.1, 0.15) is 4.88 Å². The standard InChI is InChI=1S/C12H10BrClFNO2S2/c1-16(9-4-2-8(15)3-5-9)20(17,18)11-6-10(7-14)19-12(11)13/h2-6H,7H2,1H3. The van der Waals surface area contributed by atoms with Crippen LogP contribution in [0.3, 0.4) is 0 Å². The van der Waals surface area contributed by atoms with Gasteiger partial charge in [-0.15, -0.1) is 22.9 Å². The van der Waals surface area contributed by atoms with E-state index in [1.54, 1.807) is 0 Å². The second-order valence-corrected chi connectivity index (χ2v) is 8.59. The fourth-order valence-corrected chi connectivity index (χ4v) is 5.49. The predicted octanol–water partition coefficient (Wildman–Crippen LogP) is 4.21. The van der Waals surface area contributed by atoms with E-state index in [0.29, 0.717) is 9.47 Å². The summed E-state index contributed by atoms with van der Waals surface area (Å²) < 4.78 is 39.6. The topological polar surface area (TPSA) is 37.4 Å². The maximum atomic E-state index is 12.9. The number of alkyl halides is 1. The molecule has 8 heteroatoms. The van der Waals surface area contributed by atoms with Crippen molar-refractivity contribution in [3.63, 3.8) is 0 Å². The number of hydrogen-bond donors (Lipinski definition) is 0. The summed E-state index contributed by atoms with van der Waals surface area (Å²) in [7, 11) is -2.29. The van der Waals surface area contributed by atoms with E-state index in [9.17, 15) is 12.8 Å². The second kappa shape index (κ2) is 6.01. The van der Waals surface area contributed by atoms with Crippen molar-refractivity contribution in [3.05, 3.63) is 44.8 Å². The van der Waals surface area contributed by atoms with Gasteiger partial charge in [-0.25, -0.2) is 12.8 Å². The monoisotopic (exact) mass is 397 g/mol. The van der Waals surface area contributed by atoms with Crippen LogP contribution in [-0.4, -0.2) is 15.5 Å². The van der Waals surface area contributed by atoms with Crippen molar-refractivity contribution >= 4 is 54.6 Å². The molecule has 0 unspecified atom stereocenters. The van der Waals surface area contributed by atoms with Crippen LogP contribution < -0.4 is 4.31 Å². The summed E-state index contributed by atoms with van der Waals surface area (Å²) in [6.45, 7) is 0. The minimum Gasteiger partial charge on any atom is -0.269 e. The Morgan fingerprint density at radius 3 is 2.45 bits per heavy atom. The van der Waals surface area contributed by atoms with Gasteiger partial charge < -0.3 is 0 Å². The molecule has 20 heavy (non-hydrogen) atoms. The van der Waals surface area contributed by atoms with Gasteiger partial charge in [-0.3, -0.25) is 4.31 Å². The van der Waals surface area contributed by atoms with Crippen LogP contribution in [0.4, 0.5) is 10.1 Å². The Morgan fingerprint density at radius 1 is 1.35 bits per heavy atom. The number of nitrogens with zero attached hydrogens (tertiary/aromatic N) is 1. The average Bonchev–Trinajstić information content (AvgIpc) is 2.81. The number of thiophene rings is 1. The summed E-state index contributed by atoms with van der Waals surface area (Å²) >= 11 is 10.2. The van der Waals surface area contributed by atoms with Gasteiger partial charge in [0.2, 0.25) is 0 Å². The lowest BCUT2D eigenvalue weighted by molar-refractivity contribution is 0.594. The van der Waals surface area contributed by atoms with E-state index in [-0.39, 0.29) is 10.8 Å². The van der Waals surface area contributed by atoms with Crippen LogP contribution in [-0.2, 0) is 15.9 Å². The zero-order valence-electron chi connectivity index (χ0n) is 10.3. The number of halogens is 3. The van der Waals surface area contributed by atoms with Crippen LogP contribution in [0.15, 0.2) is 39.0 Å². The smallest absolute Gasteiger partial charge is 0.266 e. The van der Waals surface area contributed by atoms with E-state index >= 15 is 0 Å². The van der Waals surface area contributed by atoms with Crippen molar-refractivity contribution in [1.82, 2.24) is 0 Å². The quantitative estimate of drug-likeness (QED) is 0.723. The average molecular weight is 399 g/mol. The second-order valence-electron chi connectivity index (χ2n) is 3.93. The highest BCUT2D eigenvalue weighted by molar-refractivity contribution is 9.11. The highest BCUT2D eigenvalue weighted by Gasteiger charge is 2.26. The van der Waals surface area contributed by atoms with Gasteiger partial charge in [0.05, 0.1) is 15.4 Å². The molecule has 108 valence electrons. The van der Waals surface area contributed by atoms with Crippen molar-refractivity contribution in [1.29, 1.82) is 0 Å². The van der Waals surface area contributed by atoms with Gasteiger partial charge in [0.1, 0.15) is 10.7 Å². The molecule has 1 aromatic heterocycles. The lowest BCUT2D eigenvalue weighted by atomic mass is 10.3. The summed E-state index contributed by atoms with van der Waals surface area (Å²) in [5.74, 6) is -0.167. The third kappa shape index (κ3) is 3.00. The Morgan fingerprint density at radius 2 is 1.95 bits per heavy atom. The normalized spacial score (nSPS) is 11.6. The molecule has 0 radical (unpaired) electrons. The Labute approximate surface area is 134 Å². The van der Waals surface area contributed by atoms with Crippen molar-refractivity contribution in [2.24, 2.45) is 0 Å². The van der Waals surface area contributed by atoms with Gasteiger partial charge in [0.15, 0.2) is 0 Å². The van der Waals surface area contributed by atoms with E-state index in [1.165, 1.54) is 48.7 Å². The molecule has 0 N–H and O–H groups in total. The molecule has 1 aromatic carbocycles. The summed E-state index contributed by atoms with van der Waals surface area (Å²) in [6.07, 6.45) is 0. The molecule has 0 atom stereocenters. The van der Waals surface area contributed by atoms with Gasteiger partial charge >= 0.3 is 0 Å². The molecule has 0 spiro atoms. The summed E-state index contributed by atoms with van der Waals surface area (Å²) in [5, 5.41) is 0. The minimum atomic E-state index is -3.71. The molecular weight excluding hydrogens is 389 g/mol. The molecule has 0 fully saturated rings. The van der Waals surface area contributed by atoms with E-state index in [0.717, 1.165) is 9.18 Å². The molecule has 2 rings (SSSR count). The number of benzene rings is 1. The number of sulfonamides is 1. The van der Waals surface area contributed by atoms with Gasteiger partial charge in [0.25, 0.3) is 10.0 Å².